The second-order valence-electron chi connectivity index (χ2n) is 5.70. The van der Waals surface area contributed by atoms with E-state index in [1.165, 1.54) is 25.7 Å². The predicted molar refractivity (Wildman–Crippen MR) is 71.1 cm³/mol. The van der Waals surface area contributed by atoms with Gasteiger partial charge in [-0.05, 0) is 51.5 Å². The smallest absolute Gasteiger partial charge is 0.0576 e. The van der Waals surface area contributed by atoms with E-state index in [9.17, 15) is 0 Å². The van der Waals surface area contributed by atoms with Crippen LogP contribution in [0.5, 0.6) is 0 Å². The second-order valence-corrected chi connectivity index (χ2v) is 5.70. The SMILES string of the molecule is NC1CCC(OCCCNC2CCCC2)CC1. The van der Waals surface area contributed by atoms with Crippen LogP contribution in [0.15, 0.2) is 0 Å². The fourth-order valence-corrected chi connectivity index (χ4v) is 3.01. The molecular weight excluding hydrogens is 212 g/mol. The summed E-state index contributed by atoms with van der Waals surface area (Å²) in [6.45, 7) is 2.04. The molecule has 0 radical (unpaired) electrons. The van der Waals surface area contributed by atoms with Crippen LogP contribution in [0.1, 0.15) is 57.8 Å². The first kappa shape index (κ1) is 13.3. The van der Waals surface area contributed by atoms with E-state index in [1.807, 2.05) is 0 Å². The Morgan fingerprint density at radius 3 is 2.41 bits per heavy atom. The molecule has 0 atom stereocenters. The third-order valence-corrected chi connectivity index (χ3v) is 4.18. The Bertz CT molecular complexity index is 196. The Morgan fingerprint density at radius 1 is 1.00 bits per heavy atom. The molecular formula is C14H28N2O. The number of hydrogen-bond donors (Lipinski definition) is 2. The van der Waals surface area contributed by atoms with Crippen LogP contribution in [-0.2, 0) is 4.74 Å². The summed E-state index contributed by atoms with van der Waals surface area (Å²) in [5.41, 5.74) is 5.88. The van der Waals surface area contributed by atoms with Gasteiger partial charge in [0.15, 0.2) is 0 Å². The van der Waals surface area contributed by atoms with E-state index < -0.39 is 0 Å². The summed E-state index contributed by atoms with van der Waals surface area (Å²) < 4.78 is 5.90. The molecule has 3 N–H and O–H groups in total. The number of nitrogens with two attached hydrogens (primary N) is 1. The van der Waals surface area contributed by atoms with E-state index in [0.29, 0.717) is 12.1 Å². The largest absolute Gasteiger partial charge is 0.378 e. The molecule has 2 aliphatic carbocycles. The van der Waals surface area contributed by atoms with Gasteiger partial charge in [-0.2, -0.15) is 0 Å². The second kappa shape index (κ2) is 7.34. The fourth-order valence-electron chi connectivity index (χ4n) is 3.01. The van der Waals surface area contributed by atoms with Crippen LogP contribution in [0.2, 0.25) is 0 Å². The number of rotatable bonds is 6. The Morgan fingerprint density at radius 2 is 1.71 bits per heavy atom. The van der Waals surface area contributed by atoms with Crippen molar-refractivity contribution < 1.29 is 4.74 Å². The molecule has 0 aliphatic heterocycles. The summed E-state index contributed by atoms with van der Waals surface area (Å²) in [7, 11) is 0. The minimum atomic E-state index is 0.430. The van der Waals surface area contributed by atoms with Gasteiger partial charge in [0.1, 0.15) is 0 Å². The molecule has 0 saturated heterocycles. The van der Waals surface area contributed by atoms with Crippen molar-refractivity contribution in [1.82, 2.24) is 5.32 Å². The molecule has 0 spiro atoms. The zero-order valence-corrected chi connectivity index (χ0v) is 11.0. The van der Waals surface area contributed by atoms with E-state index in [-0.39, 0.29) is 0 Å². The third-order valence-electron chi connectivity index (χ3n) is 4.18. The van der Waals surface area contributed by atoms with Crippen LogP contribution in [0, 0.1) is 0 Å². The first-order chi connectivity index (χ1) is 8.34. The van der Waals surface area contributed by atoms with E-state index >= 15 is 0 Å². The van der Waals surface area contributed by atoms with Crippen LogP contribution in [-0.4, -0.2) is 31.3 Å². The zero-order valence-electron chi connectivity index (χ0n) is 11.0. The van der Waals surface area contributed by atoms with Crippen molar-refractivity contribution in [2.24, 2.45) is 5.73 Å². The van der Waals surface area contributed by atoms with Gasteiger partial charge in [0.2, 0.25) is 0 Å². The maximum Gasteiger partial charge on any atom is 0.0576 e. The average molecular weight is 240 g/mol. The van der Waals surface area contributed by atoms with Gasteiger partial charge in [0, 0.05) is 18.7 Å². The molecule has 0 amide bonds. The standard InChI is InChI=1S/C14H28N2O/c15-12-6-8-14(9-7-12)17-11-3-10-16-13-4-1-2-5-13/h12-14,16H,1-11,15H2. The molecule has 2 saturated carbocycles. The Labute approximate surface area is 105 Å². The summed E-state index contributed by atoms with van der Waals surface area (Å²) in [5.74, 6) is 0. The Hall–Kier alpha value is -0.120. The minimum absolute atomic E-state index is 0.430. The minimum Gasteiger partial charge on any atom is -0.378 e. The molecule has 0 aromatic heterocycles. The van der Waals surface area contributed by atoms with Gasteiger partial charge in [0.05, 0.1) is 6.10 Å². The van der Waals surface area contributed by atoms with Crippen molar-refractivity contribution in [3.63, 3.8) is 0 Å². The lowest BCUT2D eigenvalue weighted by Crippen LogP contribution is -2.31. The number of hydrogen-bond acceptors (Lipinski definition) is 3. The van der Waals surface area contributed by atoms with Crippen molar-refractivity contribution in [3.8, 4) is 0 Å². The molecule has 0 aromatic rings. The molecule has 3 heteroatoms. The molecule has 0 bridgehead atoms. The maximum atomic E-state index is 5.90. The number of nitrogens with one attached hydrogen (secondary N) is 1. The first-order valence-electron chi connectivity index (χ1n) is 7.45. The van der Waals surface area contributed by atoms with Crippen LogP contribution in [0.25, 0.3) is 0 Å². The normalized spacial score (nSPS) is 30.9. The van der Waals surface area contributed by atoms with Gasteiger partial charge in [-0.3, -0.25) is 0 Å². The molecule has 0 heterocycles. The molecule has 2 aliphatic rings. The van der Waals surface area contributed by atoms with E-state index in [0.717, 1.165) is 51.3 Å². The monoisotopic (exact) mass is 240 g/mol. The summed E-state index contributed by atoms with van der Waals surface area (Å²) >= 11 is 0. The van der Waals surface area contributed by atoms with Crippen molar-refractivity contribution >= 4 is 0 Å². The molecule has 100 valence electrons. The molecule has 0 aromatic carbocycles. The van der Waals surface area contributed by atoms with Gasteiger partial charge in [-0.1, -0.05) is 12.8 Å². The van der Waals surface area contributed by atoms with Crippen molar-refractivity contribution in [2.45, 2.75) is 76.0 Å². The fraction of sp³-hybridized carbons (Fsp3) is 1.00. The van der Waals surface area contributed by atoms with Crippen LogP contribution in [0.3, 0.4) is 0 Å². The molecule has 17 heavy (non-hydrogen) atoms. The Balaban J connectivity index is 1.43. The van der Waals surface area contributed by atoms with Crippen molar-refractivity contribution in [2.75, 3.05) is 13.2 Å². The first-order valence-corrected chi connectivity index (χ1v) is 7.45. The van der Waals surface area contributed by atoms with Gasteiger partial charge in [-0.25, -0.2) is 0 Å². The van der Waals surface area contributed by atoms with Gasteiger partial charge in [0.25, 0.3) is 0 Å². The van der Waals surface area contributed by atoms with Crippen LogP contribution in [0.4, 0.5) is 0 Å². The summed E-state index contributed by atoms with van der Waals surface area (Å²) in [6, 6.07) is 1.22. The van der Waals surface area contributed by atoms with E-state index in [4.69, 9.17) is 10.5 Å². The zero-order chi connectivity index (χ0) is 11.9. The van der Waals surface area contributed by atoms with E-state index in [1.54, 1.807) is 0 Å². The van der Waals surface area contributed by atoms with Crippen molar-refractivity contribution in [3.05, 3.63) is 0 Å². The maximum absolute atomic E-state index is 5.90. The summed E-state index contributed by atoms with van der Waals surface area (Å²) in [4.78, 5) is 0. The highest BCUT2D eigenvalue weighted by Crippen LogP contribution is 2.20. The lowest BCUT2D eigenvalue weighted by Gasteiger charge is -2.26. The van der Waals surface area contributed by atoms with Crippen molar-refractivity contribution in [1.29, 1.82) is 0 Å². The highest BCUT2D eigenvalue weighted by atomic mass is 16.5. The third kappa shape index (κ3) is 4.94. The summed E-state index contributed by atoms with van der Waals surface area (Å²) in [6.07, 6.45) is 11.8. The lowest BCUT2D eigenvalue weighted by atomic mass is 9.94. The molecule has 2 rings (SSSR count). The quantitative estimate of drug-likeness (QED) is 0.700. The predicted octanol–water partition coefficient (Wildman–Crippen LogP) is 2.20. The van der Waals surface area contributed by atoms with Crippen LogP contribution >= 0.6 is 0 Å². The average Bonchev–Trinajstić information content (AvgIpc) is 2.84. The van der Waals surface area contributed by atoms with E-state index in [2.05, 4.69) is 5.32 Å². The topological polar surface area (TPSA) is 47.3 Å². The molecule has 3 nitrogen and oxygen atoms in total. The Kier molecular flexibility index (Phi) is 5.75. The van der Waals surface area contributed by atoms with Crippen LogP contribution < -0.4 is 11.1 Å². The number of ether oxygens (including phenoxy) is 1. The highest BCUT2D eigenvalue weighted by molar-refractivity contribution is 4.75. The van der Waals surface area contributed by atoms with Gasteiger partial charge in [-0.15, -0.1) is 0 Å². The van der Waals surface area contributed by atoms with Gasteiger partial charge >= 0.3 is 0 Å². The summed E-state index contributed by atoms with van der Waals surface area (Å²) in [5, 5.41) is 3.63. The lowest BCUT2D eigenvalue weighted by molar-refractivity contribution is 0.0239. The molecule has 0 unspecified atom stereocenters. The van der Waals surface area contributed by atoms with Gasteiger partial charge < -0.3 is 15.8 Å². The molecule has 2 fully saturated rings. The highest BCUT2D eigenvalue weighted by Gasteiger charge is 2.18.